The zero-order chi connectivity index (χ0) is 22.1. The number of nitrogens with one attached hydrogen (secondary N) is 2. The molecule has 1 fully saturated rings. The molecule has 0 aromatic heterocycles. The van der Waals surface area contributed by atoms with Gasteiger partial charge in [-0.3, -0.25) is 19.7 Å². The Morgan fingerprint density at radius 1 is 1.19 bits per heavy atom. The number of nitrogens with zero attached hydrogens (tertiary/aromatic N) is 2. The van der Waals surface area contributed by atoms with Gasteiger partial charge in [-0.1, -0.05) is 24.3 Å². The minimum atomic E-state index is -0.659. The number of carbonyl (C=O) groups is 4. The van der Waals surface area contributed by atoms with Gasteiger partial charge in [0, 0.05) is 37.8 Å². The van der Waals surface area contributed by atoms with Crippen molar-refractivity contribution in [3.63, 3.8) is 0 Å². The monoisotopic (exact) mass is 420 g/mol. The summed E-state index contributed by atoms with van der Waals surface area (Å²) in [6.45, 7) is 2.55. The number of imide groups is 1. The SMILES string of the molecule is Cc1cccc(NC(=O)N(C)Cc2cccc3c2CN(C2CCC(=O)NC2=O)C3=O)c1. The number of hydrogen-bond acceptors (Lipinski definition) is 4. The van der Waals surface area contributed by atoms with Crippen molar-refractivity contribution in [1.82, 2.24) is 15.1 Å². The van der Waals surface area contributed by atoms with Gasteiger partial charge >= 0.3 is 6.03 Å². The Bertz CT molecular complexity index is 1080. The Hall–Kier alpha value is -3.68. The molecule has 8 heteroatoms. The first-order valence-electron chi connectivity index (χ1n) is 10.2. The molecule has 0 spiro atoms. The summed E-state index contributed by atoms with van der Waals surface area (Å²) in [7, 11) is 1.69. The van der Waals surface area contributed by atoms with Crippen LogP contribution in [0.3, 0.4) is 0 Å². The third-order valence-corrected chi connectivity index (χ3v) is 5.70. The zero-order valence-corrected chi connectivity index (χ0v) is 17.5. The number of urea groups is 1. The van der Waals surface area contributed by atoms with Crippen LogP contribution in [0.15, 0.2) is 42.5 Å². The summed E-state index contributed by atoms with van der Waals surface area (Å²) in [5.74, 6) is -0.973. The van der Waals surface area contributed by atoms with E-state index in [1.165, 1.54) is 4.90 Å². The Morgan fingerprint density at radius 2 is 1.97 bits per heavy atom. The Morgan fingerprint density at radius 3 is 2.71 bits per heavy atom. The number of piperidine rings is 1. The topological polar surface area (TPSA) is 98.8 Å². The molecule has 2 aromatic carbocycles. The summed E-state index contributed by atoms with van der Waals surface area (Å²) in [4.78, 5) is 52.3. The van der Waals surface area contributed by atoms with Crippen LogP contribution in [-0.2, 0) is 22.7 Å². The number of benzene rings is 2. The second-order valence-corrected chi connectivity index (χ2v) is 8.00. The summed E-state index contributed by atoms with van der Waals surface area (Å²) in [5.41, 5.74) is 3.97. The molecule has 0 bridgehead atoms. The molecular weight excluding hydrogens is 396 g/mol. The van der Waals surface area contributed by atoms with E-state index in [1.807, 2.05) is 37.3 Å². The molecule has 1 unspecified atom stereocenters. The molecule has 31 heavy (non-hydrogen) atoms. The second-order valence-electron chi connectivity index (χ2n) is 8.00. The van der Waals surface area contributed by atoms with Crippen LogP contribution in [0.5, 0.6) is 0 Å². The molecule has 0 aliphatic carbocycles. The van der Waals surface area contributed by atoms with Crippen LogP contribution in [0.1, 0.15) is 39.9 Å². The predicted octanol–water partition coefficient (Wildman–Crippen LogP) is 2.42. The highest BCUT2D eigenvalue weighted by Gasteiger charge is 2.39. The average molecular weight is 420 g/mol. The van der Waals surface area contributed by atoms with Crippen LogP contribution in [0.25, 0.3) is 0 Å². The van der Waals surface area contributed by atoms with E-state index in [9.17, 15) is 19.2 Å². The lowest BCUT2D eigenvalue weighted by atomic mass is 10.0. The maximum absolute atomic E-state index is 12.9. The predicted molar refractivity (Wildman–Crippen MR) is 114 cm³/mol. The number of amides is 5. The van der Waals surface area contributed by atoms with Gasteiger partial charge < -0.3 is 15.1 Å². The van der Waals surface area contributed by atoms with Crippen molar-refractivity contribution >= 4 is 29.4 Å². The molecule has 5 amide bonds. The standard InChI is InChI=1S/C23H24N4O4/c1-14-5-3-7-16(11-14)24-23(31)26(2)12-15-6-4-8-17-18(15)13-27(22(17)30)19-9-10-20(28)25-21(19)29/h3-8,11,19H,9-10,12-13H2,1-2H3,(H,24,31)(H,25,28,29). The van der Waals surface area contributed by atoms with Crippen LogP contribution in [0.4, 0.5) is 10.5 Å². The third-order valence-electron chi connectivity index (χ3n) is 5.70. The van der Waals surface area contributed by atoms with Crippen molar-refractivity contribution < 1.29 is 19.2 Å². The lowest BCUT2D eigenvalue weighted by Gasteiger charge is -2.29. The molecule has 1 saturated heterocycles. The smallest absolute Gasteiger partial charge is 0.321 e. The number of fused-ring (bicyclic) bond motifs is 1. The maximum Gasteiger partial charge on any atom is 0.321 e. The minimum absolute atomic E-state index is 0.214. The maximum atomic E-state index is 12.9. The molecule has 2 N–H and O–H groups in total. The van der Waals surface area contributed by atoms with Crippen molar-refractivity contribution in [3.8, 4) is 0 Å². The summed E-state index contributed by atoms with van der Waals surface area (Å²) in [5, 5.41) is 5.18. The summed E-state index contributed by atoms with van der Waals surface area (Å²) in [6.07, 6.45) is 0.532. The fourth-order valence-electron chi connectivity index (χ4n) is 4.07. The van der Waals surface area contributed by atoms with E-state index in [2.05, 4.69) is 10.6 Å². The lowest BCUT2D eigenvalue weighted by Crippen LogP contribution is -2.52. The fraction of sp³-hybridized carbons (Fsp3) is 0.304. The van der Waals surface area contributed by atoms with E-state index in [-0.39, 0.29) is 30.8 Å². The normalized spacial score (nSPS) is 17.9. The van der Waals surface area contributed by atoms with Gasteiger partial charge in [0.15, 0.2) is 0 Å². The molecule has 8 nitrogen and oxygen atoms in total. The Balaban J connectivity index is 1.49. The third kappa shape index (κ3) is 4.14. The van der Waals surface area contributed by atoms with Crippen LogP contribution in [0.2, 0.25) is 0 Å². The van der Waals surface area contributed by atoms with Gasteiger partial charge in [-0.2, -0.15) is 0 Å². The van der Waals surface area contributed by atoms with Crippen LogP contribution >= 0.6 is 0 Å². The van der Waals surface area contributed by atoms with Crippen molar-refractivity contribution in [2.24, 2.45) is 0 Å². The number of aryl methyl sites for hydroxylation is 1. The number of carbonyl (C=O) groups excluding carboxylic acids is 4. The quantitative estimate of drug-likeness (QED) is 0.742. The lowest BCUT2D eigenvalue weighted by molar-refractivity contribution is -0.136. The van der Waals surface area contributed by atoms with Crippen molar-refractivity contribution in [3.05, 3.63) is 64.7 Å². The highest BCUT2D eigenvalue weighted by atomic mass is 16.2. The van der Waals surface area contributed by atoms with Crippen molar-refractivity contribution in [1.29, 1.82) is 0 Å². The second kappa shape index (κ2) is 8.22. The number of hydrogen-bond donors (Lipinski definition) is 2. The number of anilines is 1. The highest BCUT2D eigenvalue weighted by Crippen LogP contribution is 2.30. The molecule has 4 rings (SSSR count). The minimum Gasteiger partial charge on any atom is -0.323 e. The van der Waals surface area contributed by atoms with Crippen molar-refractivity contribution in [2.75, 3.05) is 12.4 Å². The zero-order valence-electron chi connectivity index (χ0n) is 17.5. The Labute approximate surface area is 180 Å². The molecule has 1 atom stereocenters. The average Bonchev–Trinajstić information content (AvgIpc) is 3.05. The van der Waals surface area contributed by atoms with E-state index in [0.29, 0.717) is 24.2 Å². The molecule has 2 aromatic rings. The van der Waals surface area contributed by atoms with Crippen LogP contribution in [-0.4, -0.2) is 46.6 Å². The van der Waals surface area contributed by atoms with Crippen LogP contribution < -0.4 is 10.6 Å². The van der Waals surface area contributed by atoms with E-state index in [4.69, 9.17) is 0 Å². The van der Waals surface area contributed by atoms with Crippen molar-refractivity contribution in [2.45, 2.75) is 38.9 Å². The largest absolute Gasteiger partial charge is 0.323 e. The van der Waals surface area contributed by atoms with Gasteiger partial charge in [-0.25, -0.2) is 4.79 Å². The van der Waals surface area contributed by atoms with E-state index >= 15 is 0 Å². The highest BCUT2D eigenvalue weighted by molar-refractivity contribution is 6.05. The molecule has 0 saturated carbocycles. The first-order valence-corrected chi connectivity index (χ1v) is 10.2. The molecule has 0 radical (unpaired) electrons. The molecule has 2 aliphatic heterocycles. The van der Waals surface area contributed by atoms with Crippen LogP contribution in [0, 0.1) is 6.92 Å². The van der Waals surface area contributed by atoms with Gasteiger partial charge in [0.25, 0.3) is 5.91 Å². The van der Waals surface area contributed by atoms with Gasteiger partial charge in [0.2, 0.25) is 11.8 Å². The summed E-state index contributed by atoms with van der Waals surface area (Å²) >= 11 is 0. The van der Waals surface area contributed by atoms with E-state index in [1.54, 1.807) is 24.1 Å². The van der Waals surface area contributed by atoms with Gasteiger partial charge in [-0.15, -0.1) is 0 Å². The fourth-order valence-corrected chi connectivity index (χ4v) is 4.07. The van der Waals surface area contributed by atoms with Gasteiger partial charge in [0.05, 0.1) is 0 Å². The summed E-state index contributed by atoms with van der Waals surface area (Å²) in [6, 6.07) is 12.0. The van der Waals surface area contributed by atoms with Gasteiger partial charge in [0.1, 0.15) is 6.04 Å². The van der Waals surface area contributed by atoms with E-state index in [0.717, 1.165) is 16.7 Å². The molecule has 2 heterocycles. The molecule has 160 valence electrons. The molecular formula is C23H24N4O4. The van der Waals surface area contributed by atoms with Gasteiger partial charge in [-0.05, 0) is 48.2 Å². The summed E-state index contributed by atoms with van der Waals surface area (Å²) < 4.78 is 0. The Kier molecular flexibility index (Phi) is 5.46. The van der Waals surface area contributed by atoms with E-state index < -0.39 is 11.9 Å². The molecule has 2 aliphatic rings. The first kappa shape index (κ1) is 20.6. The number of rotatable bonds is 4. The first-order chi connectivity index (χ1) is 14.8.